The second-order valence-corrected chi connectivity index (χ2v) is 8.15. The lowest BCUT2D eigenvalue weighted by atomic mass is 9.75. The first kappa shape index (κ1) is 20.4. The molecule has 1 N–H and O–H groups in total. The van der Waals surface area contributed by atoms with Gasteiger partial charge in [-0.25, -0.2) is 4.79 Å². The summed E-state index contributed by atoms with van der Waals surface area (Å²) < 4.78 is 11.3. The van der Waals surface area contributed by atoms with Gasteiger partial charge in [0, 0.05) is 18.3 Å². The summed E-state index contributed by atoms with van der Waals surface area (Å²) in [6, 6.07) is 18.7. The Bertz CT molecular complexity index is 910. The molecule has 1 aliphatic carbocycles. The maximum atomic E-state index is 12.7. The third-order valence-electron chi connectivity index (χ3n) is 6.34. The minimum absolute atomic E-state index is 0.204. The number of benzene rings is 2. The zero-order valence-corrected chi connectivity index (χ0v) is 16.8. The zero-order chi connectivity index (χ0) is 21.1. The molecule has 0 spiro atoms. The van der Waals surface area contributed by atoms with Gasteiger partial charge in [0.2, 0.25) is 0 Å². The van der Waals surface area contributed by atoms with E-state index in [4.69, 9.17) is 9.47 Å². The molecule has 30 heavy (non-hydrogen) atoms. The molecule has 1 aliphatic heterocycles. The molecule has 1 heterocycles. The predicted octanol–water partition coefficient (Wildman–Crippen LogP) is 3.71. The first-order chi connectivity index (χ1) is 14.5. The van der Waals surface area contributed by atoms with Gasteiger partial charge in [-0.3, -0.25) is 4.79 Å². The molecule has 4 rings (SSSR count). The summed E-state index contributed by atoms with van der Waals surface area (Å²) in [5.41, 5.74) is 0.269. The molecule has 1 saturated carbocycles. The molecule has 1 saturated heterocycles. The monoisotopic (exact) mass is 406 g/mol. The Morgan fingerprint density at radius 3 is 2.50 bits per heavy atom. The van der Waals surface area contributed by atoms with Crippen LogP contribution < -0.4 is 0 Å². The molecule has 5 heteroatoms. The molecule has 0 amide bonds. The summed E-state index contributed by atoms with van der Waals surface area (Å²) in [5.74, 6) is -1.36. The fourth-order valence-electron chi connectivity index (χ4n) is 4.85. The topological polar surface area (TPSA) is 72.8 Å². The maximum Gasteiger partial charge on any atom is 0.338 e. The minimum Gasteiger partial charge on any atom is -0.462 e. The molecule has 0 bridgehead atoms. The van der Waals surface area contributed by atoms with Gasteiger partial charge in [0.15, 0.2) is 0 Å². The SMILES string of the molecule is C=C[C@](O)(CCc1ccccc1)[C@@H]1[C@H]2CC(=O)O[C@H]2C[C@H]1OC(=O)c1ccccc1. The smallest absolute Gasteiger partial charge is 0.338 e. The highest BCUT2D eigenvalue weighted by molar-refractivity contribution is 5.89. The Morgan fingerprint density at radius 1 is 1.17 bits per heavy atom. The van der Waals surface area contributed by atoms with Crippen molar-refractivity contribution < 1.29 is 24.2 Å². The number of carbonyl (C=O) groups is 2. The Morgan fingerprint density at radius 2 is 1.83 bits per heavy atom. The molecule has 156 valence electrons. The minimum atomic E-state index is -1.29. The van der Waals surface area contributed by atoms with Crippen LogP contribution in [0.25, 0.3) is 0 Å². The summed E-state index contributed by atoms with van der Waals surface area (Å²) in [5, 5.41) is 11.6. The van der Waals surface area contributed by atoms with Crippen molar-refractivity contribution in [1.82, 2.24) is 0 Å². The lowest BCUT2D eigenvalue weighted by Gasteiger charge is -2.37. The summed E-state index contributed by atoms with van der Waals surface area (Å²) in [7, 11) is 0. The quantitative estimate of drug-likeness (QED) is 0.561. The Kier molecular flexibility index (Phi) is 5.73. The van der Waals surface area contributed by atoms with Gasteiger partial charge < -0.3 is 14.6 Å². The van der Waals surface area contributed by atoms with E-state index in [1.807, 2.05) is 36.4 Å². The number of fused-ring (bicyclic) bond motifs is 1. The average molecular weight is 406 g/mol. The standard InChI is InChI=1S/C25H26O5/c1-2-25(28,14-13-17-9-5-3-6-10-17)23-19-15-22(26)29-20(19)16-21(23)30-24(27)18-11-7-4-8-12-18/h2-12,19-21,23,28H,1,13-16H2/t19-,20-,21+,23+,25-/m0/s1. The summed E-state index contributed by atoms with van der Waals surface area (Å²) >= 11 is 0. The first-order valence-corrected chi connectivity index (χ1v) is 10.4. The van der Waals surface area contributed by atoms with Crippen LogP contribution >= 0.6 is 0 Å². The van der Waals surface area contributed by atoms with Crippen molar-refractivity contribution in [3.63, 3.8) is 0 Å². The van der Waals surface area contributed by atoms with Crippen LogP contribution in [0.5, 0.6) is 0 Å². The van der Waals surface area contributed by atoms with Crippen LogP contribution in [0.15, 0.2) is 73.3 Å². The third kappa shape index (κ3) is 4.03. The largest absolute Gasteiger partial charge is 0.462 e. The molecule has 0 radical (unpaired) electrons. The lowest BCUT2D eigenvalue weighted by Crippen LogP contribution is -2.45. The second-order valence-electron chi connectivity index (χ2n) is 8.15. The number of hydrogen-bond acceptors (Lipinski definition) is 5. The summed E-state index contributed by atoms with van der Waals surface area (Å²) in [6.07, 6.45) is 2.30. The van der Waals surface area contributed by atoms with E-state index in [-0.39, 0.29) is 24.4 Å². The molecule has 2 fully saturated rings. The van der Waals surface area contributed by atoms with Crippen molar-refractivity contribution in [3.8, 4) is 0 Å². The van der Waals surface area contributed by atoms with Gasteiger partial charge in [-0.05, 0) is 30.5 Å². The van der Waals surface area contributed by atoms with Crippen LogP contribution in [0.4, 0.5) is 0 Å². The zero-order valence-electron chi connectivity index (χ0n) is 16.8. The Hall–Kier alpha value is -2.92. The molecular weight excluding hydrogens is 380 g/mol. The van der Waals surface area contributed by atoms with Gasteiger partial charge in [0.25, 0.3) is 0 Å². The summed E-state index contributed by atoms with van der Waals surface area (Å²) in [6.45, 7) is 3.88. The van der Waals surface area contributed by atoms with Gasteiger partial charge in [-0.2, -0.15) is 0 Å². The van der Waals surface area contributed by atoms with Crippen LogP contribution in [-0.4, -0.2) is 34.9 Å². The van der Waals surface area contributed by atoms with Gasteiger partial charge in [-0.15, -0.1) is 6.58 Å². The van der Waals surface area contributed by atoms with Crippen molar-refractivity contribution in [2.75, 3.05) is 0 Å². The second kappa shape index (κ2) is 8.44. The molecule has 0 unspecified atom stereocenters. The number of rotatable bonds is 7. The third-order valence-corrected chi connectivity index (χ3v) is 6.34. The molecule has 5 nitrogen and oxygen atoms in total. The van der Waals surface area contributed by atoms with Gasteiger partial charge in [0.05, 0.1) is 17.6 Å². The number of hydrogen-bond donors (Lipinski definition) is 1. The van der Waals surface area contributed by atoms with Crippen LogP contribution in [0.3, 0.4) is 0 Å². The molecule has 2 aromatic rings. The Labute approximate surface area is 176 Å². The van der Waals surface area contributed by atoms with Crippen LogP contribution in [-0.2, 0) is 20.7 Å². The fourth-order valence-corrected chi connectivity index (χ4v) is 4.85. The van der Waals surface area contributed by atoms with E-state index in [1.54, 1.807) is 24.3 Å². The van der Waals surface area contributed by atoms with Gasteiger partial charge in [-0.1, -0.05) is 54.6 Å². The van der Waals surface area contributed by atoms with E-state index < -0.39 is 23.6 Å². The van der Waals surface area contributed by atoms with Crippen LogP contribution in [0.2, 0.25) is 0 Å². The van der Waals surface area contributed by atoms with Crippen molar-refractivity contribution in [2.45, 2.75) is 43.5 Å². The van der Waals surface area contributed by atoms with E-state index in [0.29, 0.717) is 24.8 Å². The number of ether oxygens (including phenoxy) is 2. The highest BCUT2D eigenvalue weighted by Crippen LogP contribution is 2.49. The van der Waals surface area contributed by atoms with Crippen molar-refractivity contribution in [2.24, 2.45) is 11.8 Å². The number of carbonyl (C=O) groups excluding carboxylic acids is 2. The molecule has 5 atom stereocenters. The maximum absolute atomic E-state index is 12.7. The highest BCUT2D eigenvalue weighted by atomic mass is 16.6. The van der Waals surface area contributed by atoms with E-state index >= 15 is 0 Å². The molecule has 2 aliphatic rings. The van der Waals surface area contributed by atoms with Gasteiger partial charge >= 0.3 is 11.9 Å². The molecular formula is C25H26O5. The Balaban J connectivity index is 1.57. The fraction of sp³-hybridized carbons (Fsp3) is 0.360. The average Bonchev–Trinajstić information content (AvgIpc) is 3.28. The number of aryl methyl sites for hydroxylation is 1. The summed E-state index contributed by atoms with van der Waals surface area (Å²) in [4.78, 5) is 24.6. The van der Waals surface area contributed by atoms with E-state index in [2.05, 4.69) is 6.58 Å². The first-order valence-electron chi connectivity index (χ1n) is 10.4. The van der Waals surface area contributed by atoms with Crippen molar-refractivity contribution in [3.05, 3.63) is 84.4 Å². The lowest BCUT2D eigenvalue weighted by molar-refractivity contribution is -0.142. The van der Waals surface area contributed by atoms with Crippen molar-refractivity contribution in [1.29, 1.82) is 0 Å². The highest BCUT2D eigenvalue weighted by Gasteiger charge is 2.58. The van der Waals surface area contributed by atoms with E-state index in [9.17, 15) is 14.7 Å². The number of esters is 2. The van der Waals surface area contributed by atoms with E-state index in [1.165, 1.54) is 6.08 Å². The number of aliphatic hydroxyl groups is 1. The van der Waals surface area contributed by atoms with Crippen LogP contribution in [0.1, 0.15) is 35.2 Å². The molecule has 2 aromatic carbocycles. The predicted molar refractivity (Wildman–Crippen MR) is 112 cm³/mol. The molecule has 0 aromatic heterocycles. The normalized spacial score (nSPS) is 27.0. The van der Waals surface area contributed by atoms with Crippen molar-refractivity contribution >= 4 is 11.9 Å². The van der Waals surface area contributed by atoms with Crippen LogP contribution in [0, 0.1) is 11.8 Å². The van der Waals surface area contributed by atoms with E-state index in [0.717, 1.165) is 5.56 Å². The van der Waals surface area contributed by atoms with Gasteiger partial charge in [0.1, 0.15) is 12.2 Å².